The molecule has 1 rings (SSSR count). The summed E-state index contributed by atoms with van der Waals surface area (Å²) in [5, 5.41) is 0. The SMILES string of the molecule is CCOC(=O)CCCCCCCCCCCCCCCCOC1CCCCO1. The van der Waals surface area contributed by atoms with Gasteiger partial charge in [-0.2, -0.15) is 0 Å². The molecule has 4 nitrogen and oxygen atoms in total. The molecule has 28 heavy (non-hydrogen) atoms. The van der Waals surface area contributed by atoms with Crippen molar-refractivity contribution < 1.29 is 19.0 Å². The van der Waals surface area contributed by atoms with Crippen molar-refractivity contribution in [1.82, 2.24) is 0 Å². The lowest BCUT2D eigenvalue weighted by atomic mass is 10.0. The lowest BCUT2D eigenvalue weighted by molar-refractivity contribution is -0.162. The van der Waals surface area contributed by atoms with E-state index in [1.165, 1.54) is 89.9 Å². The molecule has 0 aliphatic carbocycles. The number of hydrogen-bond acceptors (Lipinski definition) is 4. The highest BCUT2D eigenvalue weighted by molar-refractivity contribution is 5.69. The van der Waals surface area contributed by atoms with E-state index in [9.17, 15) is 4.79 Å². The Morgan fingerprint density at radius 3 is 1.82 bits per heavy atom. The molecule has 0 aromatic carbocycles. The monoisotopic (exact) mass is 398 g/mol. The van der Waals surface area contributed by atoms with Crippen LogP contribution in [0.5, 0.6) is 0 Å². The van der Waals surface area contributed by atoms with E-state index in [1.807, 2.05) is 6.92 Å². The van der Waals surface area contributed by atoms with Gasteiger partial charge in [-0.05, 0) is 39.0 Å². The number of carbonyl (C=O) groups excluding carboxylic acids is 1. The zero-order valence-corrected chi connectivity index (χ0v) is 18.6. The Morgan fingerprint density at radius 1 is 0.786 bits per heavy atom. The summed E-state index contributed by atoms with van der Waals surface area (Å²) in [5.74, 6) is -0.0371. The predicted octanol–water partition coefficient (Wildman–Crippen LogP) is 6.94. The summed E-state index contributed by atoms with van der Waals surface area (Å²) in [4.78, 5) is 11.2. The van der Waals surface area contributed by atoms with Crippen LogP contribution < -0.4 is 0 Å². The molecule has 0 saturated carbocycles. The lowest BCUT2D eigenvalue weighted by Crippen LogP contribution is -2.22. The van der Waals surface area contributed by atoms with E-state index >= 15 is 0 Å². The first kappa shape index (κ1) is 25.4. The first-order valence-electron chi connectivity index (χ1n) is 12.2. The molecule has 0 spiro atoms. The first-order valence-corrected chi connectivity index (χ1v) is 12.2. The Morgan fingerprint density at radius 2 is 1.32 bits per heavy atom. The Balaban J connectivity index is 1.67. The van der Waals surface area contributed by atoms with Gasteiger partial charge in [0.2, 0.25) is 0 Å². The maximum absolute atomic E-state index is 11.2. The molecular formula is C24H46O4. The van der Waals surface area contributed by atoms with Crippen molar-refractivity contribution in [3.05, 3.63) is 0 Å². The number of ether oxygens (including phenoxy) is 3. The van der Waals surface area contributed by atoms with Crippen molar-refractivity contribution in [2.75, 3.05) is 19.8 Å². The van der Waals surface area contributed by atoms with Crippen molar-refractivity contribution in [2.45, 2.75) is 129 Å². The predicted molar refractivity (Wildman–Crippen MR) is 115 cm³/mol. The van der Waals surface area contributed by atoms with E-state index in [0.717, 1.165) is 32.5 Å². The number of hydrogen-bond donors (Lipinski definition) is 0. The van der Waals surface area contributed by atoms with Gasteiger partial charge in [0.1, 0.15) is 0 Å². The smallest absolute Gasteiger partial charge is 0.305 e. The quantitative estimate of drug-likeness (QED) is 0.174. The fraction of sp³-hybridized carbons (Fsp3) is 0.958. The lowest BCUT2D eigenvalue weighted by Gasteiger charge is -2.22. The minimum Gasteiger partial charge on any atom is -0.466 e. The summed E-state index contributed by atoms with van der Waals surface area (Å²) in [6, 6.07) is 0. The molecule has 1 fully saturated rings. The standard InChI is InChI=1S/C24H46O4/c1-2-26-23(25)19-15-13-11-9-7-5-3-4-6-8-10-12-14-17-21-27-24-20-16-18-22-28-24/h24H,2-22H2,1H3. The highest BCUT2D eigenvalue weighted by atomic mass is 16.7. The topological polar surface area (TPSA) is 44.8 Å². The third kappa shape index (κ3) is 16.4. The zero-order valence-electron chi connectivity index (χ0n) is 18.6. The minimum atomic E-state index is -0.0371. The van der Waals surface area contributed by atoms with Crippen molar-refractivity contribution in [2.24, 2.45) is 0 Å². The molecule has 4 heteroatoms. The summed E-state index contributed by atoms with van der Waals surface area (Å²) in [5.41, 5.74) is 0. The zero-order chi connectivity index (χ0) is 20.1. The second-order valence-electron chi connectivity index (χ2n) is 8.17. The van der Waals surface area contributed by atoms with Gasteiger partial charge in [-0.3, -0.25) is 4.79 Å². The molecule has 1 atom stereocenters. The average molecular weight is 399 g/mol. The van der Waals surface area contributed by atoms with E-state index in [1.54, 1.807) is 0 Å². The highest BCUT2D eigenvalue weighted by Gasteiger charge is 2.13. The fourth-order valence-corrected chi connectivity index (χ4v) is 3.78. The number of unbranched alkanes of at least 4 members (excludes halogenated alkanes) is 13. The summed E-state index contributed by atoms with van der Waals surface area (Å²) >= 11 is 0. The normalized spacial score (nSPS) is 17.0. The van der Waals surface area contributed by atoms with Gasteiger partial charge in [0.25, 0.3) is 0 Å². The first-order chi connectivity index (χ1) is 13.8. The molecule has 0 aromatic rings. The van der Waals surface area contributed by atoms with E-state index in [-0.39, 0.29) is 12.3 Å². The maximum Gasteiger partial charge on any atom is 0.305 e. The summed E-state index contributed by atoms with van der Waals surface area (Å²) in [6.45, 7) is 4.11. The van der Waals surface area contributed by atoms with Crippen LogP contribution in [0, 0.1) is 0 Å². The van der Waals surface area contributed by atoms with Gasteiger partial charge in [0.05, 0.1) is 6.61 Å². The summed E-state index contributed by atoms with van der Waals surface area (Å²) < 4.78 is 16.3. The molecule has 1 aliphatic rings. The molecule has 0 amide bonds. The van der Waals surface area contributed by atoms with Gasteiger partial charge in [-0.25, -0.2) is 0 Å². The van der Waals surface area contributed by atoms with Gasteiger partial charge < -0.3 is 14.2 Å². The highest BCUT2D eigenvalue weighted by Crippen LogP contribution is 2.15. The van der Waals surface area contributed by atoms with Crippen LogP contribution in [0.1, 0.15) is 122 Å². The third-order valence-corrected chi connectivity index (χ3v) is 5.52. The van der Waals surface area contributed by atoms with Gasteiger partial charge in [0.15, 0.2) is 6.29 Å². The van der Waals surface area contributed by atoms with Gasteiger partial charge in [-0.1, -0.05) is 77.0 Å². The molecule has 1 aliphatic heterocycles. The van der Waals surface area contributed by atoms with Crippen LogP contribution >= 0.6 is 0 Å². The largest absolute Gasteiger partial charge is 0.466 e. The molecule has 1 saturated heterocycles. The van der Waals surface area contributed by atoms with Gasteiger partial charge in [0, 0.05) is 19.6 Å². The van der Waals surface area contributed by atoms with Gasteiger partial charge >= 0.3 is 5.97 Å². The van der Waals surface area contributed by atoms with E-state index in [0.29, 0.717) is 13.0 Å². The second kappa shape index (κ2) is 19.7. The van der Waals surface area contributed by atoms with Crippen LogP contribution in [-0.4, -0.2) is 32.1 Å². The van der Waals surface area contributed by atoms with Crippen molar-refractivity contribution >= 4 is 5.97 Å². The van der Waals surface area contributed by atoms with E-state index in [2.05, 4.69) is 0 Å². The Hall–Kier alpha value is -0.610. The van der Waals surface area contributed by atoms with E-state index in [4.69, 9.17) is 14.2 Å². The fourth-order valence-electron chi connectivity index (χ4n) is 3.78. The number of carbonyl (C=O) groups is 1. The minimum absolute atomic E-state index is 0.0371. The van der Waals surface area contributed by atoms with Crippen LogP contribution in [0.3, 0.4) is 0 Å². The van der Waals surface area contributed by atoms with Crippen LogP contribution in [0.25, 0.3) is 0 Å². The molecular weight excluding hydrogens is 352 g/mol. The molecule has 0 aromatic heterocycles. The Kier molecular flexibility index (Phi) is 17.9. The Bertz CT molecular complexity index is 339. The van der Waals surface area contributed by atoms with Crippen molar-refractivity contribution in [3.63, 3.8) is 0 Å². The molecule has 0 N–H and O–H groups in total. The van der Waals surface area contributed by atoms with Crippen LogP contribution in [0.15, 0.2) is 0 Å². The maximum atomic E-state index is 11.2. The van der Waals surface area contributed by atoms with Crippen LogP contribution in [-0.2, 0) is 19.0 Å². The average Bonchev–Trinajstić information content (AvgIpc) is 2.71. The molecule has 166 valence electrons. The number of rotatable bonds is 19. The molecule has 0 bridgehead atoms. The summed E-state index contributed by atoms with van der Waals surface area (Å²) in [7, 11) is 0. The Labute approximate surface area is 174 Å². The molecule has 1 unspecified atom stereocenters. The third-order valence-electron chi connectivity index (χ3n) is 5.52. The second-order valence-corrected chi connectivity index (χ2v) is 8.17. The summed E-state index contributed by atoms with van der Waals surface area (Å²) in [6.07, 6.45) is 22.4. The van der Waals surface area contributed by atoms with Crippen LogP contribution in [0.4, 0.5) is 0 Å². The molecule has 0 radical (unpaired) electrons. The van der Waals surface area contributed by atoms with Crippen LogP contribution in [0.2, 0.25) is 0 Å². The van der Waals surface area contributed by atoms with Crippen molar-refractivity contribution in [1.29, 1.82) is 0 Å². The van der Waals surface area contributed by atoms with Gasteiger partial charge in [-0.15, -0.1) is 0 Å². The molecule has 1 heterocycles. The number of esters is 1. The van der Waals surface area contributed by atoms with E-state index < -0.39 is 0 Å². The van der Waals surface area contributed by atoms with Crippen molar-refractivity contribution in [3.8, 4) is 0 Å².